The van der Waals surface area contributed by atoms with Gasteiger partial charge in [0.2, 0.25) is 0 Å². The molecule has 23 heavy (non-hydrogen) atoms. The van der Waals surface area contributed by atoms with Gasteiger partial charge in [-0.25, -0.2) is 9.48 Å². The van der Waals surface area contributed by atoms with E-state index in [4.69, 9.17) is 4.74 Å². The predicted octanol–water partition coefficient (Wildman–Crippen LogP) is 2.96. The van der Waals surface area contributed by atoms with E-state index in [-0.39, 0.29) is 18.1 Å². The molecule has 0 atom stereocenters. The Balaban J connectivity index is 2.28. The van der Waals surface area contributed by atoms with Crippen molar-refractivity contribution in [3.05, 3.63) is 34.0 Å². The van der Waals surface area contributed by atoms with Gasteiger partial charge in [-0.15, -0.1) is 0 Å². The third kappa shape index (κ3) is 4.14. The number of ether oxygens (including phenoxy) is 1. The Morgan fingerprint density at radius 2 is 2.13 bits per heavy atom. The number of nitro benzene ring substituents is 1. The molecule has 0 spiro atoms. The molecule has 0 bridgehead atoms. The molecule has 8 nitrogen and oxygen atoms in total. The van der Waals surface area contributed by atoms with Crippen LogP contribution in [0.15, 0.2) is 18.2 Å². The minimum atomic E-state index is -1.22. The normalized spacial score (nSPS) is 11.8. The average molecular weight is 337 g/mol. The van der Waals surface area contributed by atoms with Crippen LogP contribution in [0.4, 0.5) is 5.69 Å². The molecule has 2 rings (SSSR count). The number of benzene rings is 1. The summed E-state index contributed by atoms with van der Waals surface area (Å²) in [5, 5.41) is 24.5. The number of carboxylic acids is 1. The van der Waals surface area contributed by atoms with Crippen molar-refractivity contribution >= 4 is 30.6 Å². The molecule has 0 aliphatic carbocycles. The van der Waals surface area contributed by atoms with Crippen molar-refractivity contribution in [3.63, 3.8) is 0 Å². The van der Waals surface area contributed by atoms with Crippen molar-refractivity contribution in [3.8, 4) is 0 Å². The third-order valence-corrected chi connectivity index (χ3v) is 5.06. The number of hydrogen-bond acceptors (Lipinski definition) is 5. The average Bonchev–Trinajstić information content (AvgIpc) is 2.80. The number of aromatic carboxylic acids is 1. The fourth-order valence-electron chi connectivity index (χ4n) is 2.06. The molecule has 124 valence electrons. The van der Waals surface area contributed by atoms with E-state index in [0.717, 1.165) is 6.04 Å². The first-order chi connectivity index (χ1) is 10.7. The molecule has 9 heteroatoms. The molecule has 0 saturated carbocycles. The van der Waals surface area contributed by atoms with Crippen LogP contribution in [0, 0.1) is 10.1 Å². The highest BCUT2D eigenvalue weighted by Gasteiger charge is 2.19. The molecule has 0 amide bonds. The van der Waals surface area contributed by atoms with Gasteiger partial charge in [0.05, 0.1) is 10.4 Å². The monoisotopic (exact) mass is 337 g/mol. The van der Waals surface area contributed by atoms with Gasteiger partial charge in [-0.2, -0.15) is 5.10 Å². The Morgan fingerprint density at radius 1 is 1.43 bits per heavy atom. The van der Waals surface area contributed by atoms with E-state index in [2.05, 4.69) is 24.7 Å². The summed E-state index contributed by atoms with van der Waals surface area (Å²) in [5.41, 5.74) is 0.131. The van der Waals surface area contributed by atoms with Gasteiger partial charge in [-0.3, -0.25) is 10.1 Å². The number of nitro groups is 1. The van der Waals surface area contributed by atoms with E-state index in [1.165, 1.54) is 22.9 Å². The van der Waals surface area contributed by atoms with Crippen molar-refractivity contribution in [1.82, 2.24) is 9.78 Å². The highest BCUT2D eigenvalue weighted by atomic mass is 28.3. The predicted molar refractivity (Wildman–Crippen MR) is 87.5 cm³/mol. The van der Waals surface area contributed by atoms with E-state index in [0.29, 0.717) is 17.5 Å². The van der Waals surface area contributed by atoms with Crippen LogP contribution >= 0.6 is 0 Å². The Morgan fingerprint density at radius 3 is 2.70 bits per heavy atom. The van der Waals surface area contributed by atoms with Gasteiger partial charge in [0, 0.05) is 32.2 Å². The van der Waals surface area contributed by atoms with E-state index in [9.17, 15) is 20.0 Å². The number of non-ortho nitro benzene ring substituents is 1. The number of fused-ring (bicyclic) bond motifs is 1. The minimum absolute atomic E-state index is 0.0649. The maximum Gasteiger partial charge on any atom is 0.357 e. The zero-order valence-electron chi connectivity index (χ0n) is 13.3. The van der Waals surface area contributed by atoms with Gasteiger partial charge in [-0.05, 0) is 12.1 Å². The summed E-state index contributed by atoms with van der Waals surface area (Å²) in [7, 11) is -1.22. The Labute approximate surface area is 133 Å². The molecular formula is C14H19N3O5Si. The van der Waals surface area contributed by atoms with Crippen molar-refractivity contribution in [1.29, 1.82) is 0 Å². The number of carbonyl (C=O) groups is 1. The lowest BCUT2D eigenvalue weighted by Crippen LogP contribution is -2.22. The fraction of sp³-hybridized carbons (Fsp3) is 0.429. The van der Waals surface area contributed by atoms with E-state index < -0.39 is 19.0 Å². The second-order valence-corrected chi connectivity index (χ2v) is 12.1. The van der Waals surface area contributed by atoms with Crippen molar-refractivity contribution < 1.29 is 19.6 Å². The number of carboxylic acid groups (broad SMARTS) is 1. The van der Waals surface area contributed by atoms with Crippen molar-refractivity contribution in [2.24, 2.45) is 0 Å². The smallest absolute Gasteiger partial charge is 0.357 e. The lowest BCUT2D eigenvalue weighted by atomic mass is 10.2. The summed E-state index contributed by atoms with van der Waals surface area (Å²) in [5.74, 6) is -1.18. The first-order valence-corrected chi connectivity index (χ1v) is 10.9. The van der Waals surface area contributed by atoms with Crippen LogP contribution < -0.4 is 0 Å². The van der Waals surface area contributed by atoms with Crippen molar-refractivity contribution in [2.75, 3.05) is 6.61 Å². The van der Waals surface area contributed by atoms with Gasteiger partial charge < -0.3 is 9.84 Å². The third-order valence-electron chi connectivity index (χ3n) is 3.36. The SMILES string of the molecule is C[Si](C)(C)CCOCn1nc(C(=O)O)c2ccc([N+](=O)[O-])cc21. The number of aromatic nitrogens is 2. The van der Waals surface area contributed by atoms with Gasteiger partial charge in [0.25, 0.3) is 5.69 Å². The van der Waals surface area contributed by atoms with Crippen molar-refractivity contribution in [2.45, 2.75) is 32.4 Å². The quantitative estimate of drug-likeness (QED) is 0.360. The van der Waals surface area contributed by atoms with Gasteiger partial charge in [-0.1, -0.05) is 19.6 Å². The molecule has 1 aromatic carbocycles. The van der Waals surface area contributed by atoms with Crippen LogP contribution in [-0.2, 0) is 11.5 Å². The largest absolute Gasteiger partial charge is 0.476 e. The Bertz CT molecular complexity index is 751. The first kappa shape index (κ1) is 17.1. The van der Waals surface area contributed by atoms with Crippen LogP contribution in [-0.4, -0.2) is 40.5 Å². The molecular weight excluding hydrogens is 318 g/mol. The highest BCUT2D eigenvalue weighted by molar-refractivity contribution is 6.76. The summed E-state index contributed by atoms with van der Waals surface area (Å²) < 4.78 is 6.93. The molecule has 1 N–H and O–H groups in total. The van der Waals surface area contributed by atoms with Crippen LogP contribution in [0.3, 0.4) is 0 Å². The lowest BCUT2D eigenvalue weighted by Gasteiger charge is -2.15. The molecule has 2 aromatic rings. The summed E-state index contributed by atoms with van der Waals surface area (Å²) in [6, 6.07) is 4.96. The summed E-state index contributed by atoms with van der Waals surface area (Å²) >= 11 is 0. The van der Waals surface area contributed by atoms with Crippen LogP contribution in [0.2, 0.25) is 25.7 Å². The van der Waals surface area contributed by atoms with E-state index >= 15 is 0 Å². The molecule has 0 radical (unpaired) electrons. The topological polar surface area (TPSA) is 107 Å². The minimum Gasteiger partial charge on any atom is -0.476 e. The zero-order chi connectivity index (χ0) is 17.2. The Kier molecular flexibility index (Phi) is 4.81. The molecule has 0 unspecified atom stereocenters. The summed E-state index contributed by atoms with van der Waals surface area (Å²) in [6.07, 6.45) is 0. The number of nitrogens with zero attached hydrogens (tertiary/aromatic N) is 3. The lowest BCUT2D eigenvalue weighted by molar-refractivity contribution is -0.384. The number of hydrogen-bond donors (Lipinski definition) is 1. The van der Waals surface area contributed by atoms with E-state index in [1.54, 1.807) is 0 Å². The van der Waals surface area contributed by atoms with Gasteiger partial charge in [0.1, 0.15) is 6.73 Å². The maximum absolute atomic E-state index is 11.3. The second kappa shape index (κ2) is 6.47. The highest BCUT2D eigenvalue weighted by Crippen LogP contribution is 2.24. The maximum atomic E-state index is 11.3. The molecule has 0 aliphatic rings. The first-order valence-electron chi connectivity index (χ1n) is 7.15. The summed E-state index contributed by atoms with van der Waals surface area (Å²) in [6.45, 7) is 7.30. The molecule has 0 fully saturated rings. The zero-order valence-corrected chi connectivity index (χ0v) is 14.3. The summed E-state index contributed by atoms with van der Waals surface area (Å²) in [4.78, 5) is 21.6. The van der Waals surface area contributed by atoms with Gasteiger partial charge in [0.15, 0.2) is 5.69 Å². The molecule has 0 saturated heterocycles. The molecule has 1 heterocycles. The standard InChI is InChI=1S/C14H19N3O5Si/c1-23(2,3)7-6-22-9-16-12-8-10(17(20)21)4-5-11(12)13(15-16)14(18)19/h4-5,8H,6-7,9H2,1-3H3,(H,18,19). The van der Waals surface area contributed by atoms with Gasteiger partial charge >= 0.3 is 5.97 Å². The fourth-order valence-corrected chi connectivity index (χ4v) is 2.82. The van der Waals surface area contributed by atoms with E-state index in [1.807, 2.05) is 0 Å². The van der Waals surface area contributed by atoms with Crippen LogP contribution in [0.1, 0.15) is 10.5 Å². The Hall–Kier alpha value is -2.26. The molecule has 1 aromatic heterocycles. The molecule has 0 aliphatic heterocycles. The van der Waals surface area contributed by atoms with Crippen LogP contribution in [0.25, 0.3) is 10.9 Å². The van der Waals surface area contributed by atoms with Crippen LogP contribution in [0.5, 0.6) is 0 Å². The second-order valence-electron chi connectivity index (χ2n) is 6.46. The number of rotatable bonds is 7.